The predicted octanol–water partition coefficient (Wildman–Crippen LogP) is 0.459. The lowest BCUT2D eigenvalue weighted by molar-refractivity contribution is 0.1000. The molecule has 10 heteroatoms. The molecule has 0 spiro atoms. The third-order valence-electron chi connectivity index (χ3n) is 5.98. The van der Waals surface area contributed by atoms with Crippen molar-refractivity contribution in [3.63, 3.8) is 0 Å². The summed E-state index contributed by atoms with van der Waals surface area (Å²) in [7, 11) is 2.14. The third-order valence-corrected chi connectivity index (χ3v) is 5.98. The maximum absolute atomic E-state index is 12.8. The summed E-state index contributed by atoms with van der Waals surface area (Å²) in [6.45, 7) is 6.06. The Kier molecular flexibility index (Phi) is 6.52. The van der Waals surface area contributed by atoms with E-state index in [9.17, 15) is 14.7 Å². The van der Waals surface area contributed by atoms with Crippen LogP contribution in [0.25, 0.3) is 5.70 Å². The number of benzene rings is 1. The molecule has 4 rings (SSSR count). The van der Waals surface area contributed by atoms with Crippen molar-refractivity contribution in [2.75, 3.05) is 51.8 Å². The van der Waals surface area contributed by atoms with E-state index in [1.807, 2.05) is 0 Å². The minimum Gasteiger partial charge on any atom is -0.493 e. The summed E-state index contributed by atoms with van der Waals surface area (Å²) in [4.78, 5) is 29.1. The number of amides is 1. The van der Waals surface area contributed by atoms with Crippen LogP contribution in [0.1, 0.15) is 28.8 Å². The first-order valence-electron chi connectivity index (χ1n) is 10.9. The lowest BCUT2D eigenvalue weighted by Gasteiger charge is -2.32. The van der Waals surface area contributed by atoms with Crippen LogP contribution in [0.3, 0.4) is 0 Å². The molecular weight excluding hydrogens is 412 g/mol. The summed E-state index contributed by atoms with van der Waals surface area (Å²) in [5.74, 6) is -0.0586. The molecule has 1 aromatic heterocycles. The van der Waals surface area contributed by atoms with Crippen molar-refractivity contribution in [1.29, 1.82) is 0 Å². The Hall–Kier alpha value is -3.24. The largest absolute Gasteiger partial charge is 0.493 e. The van der Waals surface area contributed by atoms with Crippen LogP contribution in [0.4, 0.5) is 0 Å². The highest BCUT2D eigenvalue weighted by molar-refractivity contribution is 5.94. The fraction of sp³-hybridized carbons (Fsp3) is 0.455. The van der Waals surface area contributed by atoms with Gasteiger partial charge in [0.15, 0.2) is 0 Å². The number of carbonyl (C=O) groups excluding carboxylic acids is 1. The van der Waals surface area contributed by atoms with Gasteiger partial charge in [0, 0.05) is 43.9 Å². The summed E-state index contributed by atoms with van der Waals surface area (Å²) in [5.41, 5.74) is 9.61. The molecule has 0 saturated carbocycles. The Bertz CT molecular complexity index is 1060. The molecule has 0 atom stereocenters. The number of nitrogens with two attached hydrogens (primary N) is 1. The highest BCUT2D eigenvalue weighted by atomic mass is 16.5. The molecular formula is C22H30N6O4. The van der Waals surface area contributed by atoms with Crippen molar-refractivity contribution in [1.82, 2.24) is 19.0 Å². The van der Waals surface area contributed by atoms with E-state index in [-0.39, 0.29) is 11.6 Å². The second kappa shape index (κ2) is 9.49. The summed E-state index contributed by atoms with van der Waals surface area (Å²) >= 11 is 0. The van der Waals surface area contributed by atoms with Gasteiger partial charge in [-0.2, -0.15) is 0 Å². The van der Waals surface area contributed by atoms with Crippen molar-refractivity contribution >= 4 is 11.6 Å². The van der Waals surface area contributed by atoms with Gasteiger partial charge >= 0.3 is 5.69 Å². The molecule has 172 valence electrons. The van der Waals surface area contributed by atoms with E-state index < -0.39 is 5.91 Å². The van der Waals surface area contributed by atoms with Crippen LogP contribution in [0.5, 0.6) is 11.6 Å². The van der Waals surface area contributed by atoms with Crippen molar-refractivity contribution in [2.24, 2.45) is 5.73 Å². The zero-order valence-corrected chi connectivity index (χ0v) is 18.3. The second-order valence-electron chi connectivity index (χ2n) is 8.26. The molecule has 0 radical (unpaired) electrons. The number of aromatic nitrogens is 2. The fourth-order valence-corrected chi connectivity index (χ4v) is 4.02. The Balaban J connectivity index is 1.39. The molecule has 0 aliphatic carbocycles. The minimum atomic E-state index is -0.546. The van der Waals surface area contributed by atoms with Crippen molar-refractivity contribution < 1.29 is 14.6 Å². The number of unbranched alkanes of at least 4 members (excludes halogenated alkanes) is 1. The van der Waals surface area contributed by atoms with Crippen LogP contribution in [-0.2, 0) is 6.54 Å². The topological polar surface area (TPSA) is 118 Å². The Morgan fingerprint density at radius 3 is 2.69 bits per heavy atom. The Morgan fingerprint density at radius 2 is 1.94 bits per heavy atom. The lowest BCUT2D eigenvalue weighted by atomic mass is 10.0. The van der Waals surface area contributed by atoms with E-state index in [2.05, 4.69) is 22.3 Å². The van der Waals surface area contributed by atoms with Crippen molar-refractivity contribution in [3.05, 3.63) is 52.1 Å². The molecule has 2 aromatic rings. The van der Waals surface area contributed by atoms with Crippen LogP contribution in [-0.4, -0.2) is 76.4 Å². The highest BCUT2D eigenvalue weighted by Crippen LogP contribution is 2.29. The number of piperazine rings is 1. The lowest BCUT2D eigenvalue weighted by Crippen LogP contribution is -2.44. The molecule has 2 aliphatic rings. The SMILES string of the molecule is CN1CCN(CCCCn2c(O)cn(NC3=CCOc4ccc(C(N)=O)cc43)c2=O)CC1. The van der Waals surface area contributed by atoms with Gasteiger partial charge in [-0.05, 0) is 50.7 Å². The van der Waals surface area contributed by atoms with Gasteiger partial charge in [0.2, 0.25) is 11.8 Å². The van der Waals surface area contributed by atoms with Crippen LogP contribution in [0, 0.1) is 0 Å². The van der Waals surface area contributed by atoms with E-state index in [0.29, 0.717) is 35.7 Å². The highest BCUT2D eigenvalue weighted by Gasteiger charge is 2.19. The smallest absolute Gasteiger partial charge is 0.349 e. The fourth-order valence-electron chi connectivity index (χ4n) is 4.02. The van der Waals surface area contributed by atoms with E-state index >= 15 is 0 Å². The zero-order valence-electron chi connectivity index (χ0n) is 18.3. The number of carbonyl (C=O) groups is 1. The van der Waals surface area contributed by atoms with Gasteiger partial charge in [0.25, 0.3) is 0 Å². The second-order valence-corrected chi connectivity index (χ2v) is 8.26. The molecule has 1 amide bonds. The molecule has 1 aromatic carbocycles. The molecule has 2 aliphatic heterocycles. The van der Waals surface area contributed by atoms with Crippen molar-refractivity contribution in [3.8, 4) is 11.6 Å². The van der Waals surface area contributed by atoms with E-state index in [1.54, 1.807) is 24.3 Å². The van der Waals surface area contributed by atoms with E-state index in [1.165, 1.54) is 15.4 Å². The number of imidazole rings is 1. The van der Waals surface area contributed by atoms with Gasteiger partial charge in [-0.1, -0.05) is 0 Å². The molecule has 10 nitrogen and oxygen atoms in total. The van der Waals surface area contributed by atoms with Gasteiger partial charge in [-0.3, -0.25) is 14.8 Å². The van der Waals surface area contributed by atoms with Crippen LogP contribution in [0.15, 0.2) is 35.3 Å². The number of ether oxygens (including phenoxy) is 1. The first-order chi connectivity index (χ1) is 15.4. The molecule has 3 heterocycles. The standard InChI is InChI=1S/C22H30N6O4/c1-25-9-11-26(12-10-25)7-2-3-8-27-20(29)15-28(22(27)31)24-18-6-13-32-19-5-4-16(21(23)30)14-17(18)19/h4-6,14-15,24,29H,2-3,7-13H2,1H3,(H2,23,30). The van der Waals surface area contributed by atoms with Crippen LogP contribution < -0.4 is 21.6 Å². The van der Waals surface area contributed by atoms with Crippen molar-refractivity contribution in [2.45, 2.75) is 19.4 Å². The van der Waals surface area contributed by atoms with Gasteiger partial charge < -0.3 is 25.4 Å². The summed E-state index contributed by atoms with van der Waals surface area (Å²) in [6.07, 6.45) is 4.88. The monoisotopic (exact) mass is 442 g/mol. The maximum atomic E-state index is 12.8. The van der Waals surface area contributed by atoms with Gasteiger partial charge in [-0.15, -0.1) is 0 Å². The molecule has 0 bridgehead atoms. The average molecular weight is 443 g/mol. The van der Waals surface area contributed by atoms with Gasteiger partial charge in [0.1, 0.15) is 12.4 Å². The molecule has 4 N–H and O–H groups in total. The molecule has 0 unspecified atom stereocenters. The summed E-state index contributed by atoms with van der Waals surface area (Å²) in [6, 6.07) is 4.90. The molecule has 32 heavy (non-hydrogen) atoms. The zero-order chi connectivity index (χ0) is 22.7. The third kappa shape index (κ3) is 4.81. The number of rotatable bonds is 8. The number of hydrogen-bond donors (Lipinski definition) is 3. The van der Waals surface area contributed by atoms with Crippen LogP contribution in [0.2, 0.25) is 0 Å². The number of nitrogens with zero attached hydrogens (tertiary/aromatic N) is 4. The number of likely N-dealkylation sites (N-methyl/N-ethyl adjacent to an activating group) is 1. The maximum Gasteiger partial charge on any atom is 0.349 e. The number of fused-ring (bicyclic) bond motifs is 1. The van der Waals surface area contributed by atoms with Crippen LogP contribution >= 0.6 is 0 Å². The Labute approximate surface area is 186 Å². The number of primary amides is 1. The molecule has 1 saturated heterocycles. The minimum absolute atomic E-state index is 0.0964. The van der Waals surface area contributed by atoms with Gasteiger partial charge in [0.05, 0.1) is 11.9 Å². The quantitative estimate of drug-likeness (QED) is 0.508. The van der Waals surface area contributed by atoms with E-state index in [4.69, 9.17) is 10.5 Å². The van der Waals surface area contributed by atoms with Gasteiger partial charge in [-0.25, -0.2) is 9.47 Å². The average Bonchev–Trinajstić information content (AvgIpc) is 3.05. The summed E-state index contributed by atoms with van der Waals surface area (Å²) in [5, 5.41) is 10.3. The molecule has 1 fully saturated rings. The first-order valence-corrected chi connectivity index (χ1v) is 10.9. The number of hydrogen-bond acceptors (Lipinski definition) is 7. The number of nitrogens with one attached hydrogen (secondary N) is 1. The Morgan fingerprint density at radius 1 is 1.19 bits per heavy atom. The predicted molar refractivity (Wildman–Crippen MR) is 121 cm³/mol. The normalized spacial score (nSPS) is 16.8. The first kappa shape index (κ1) is 22.0. The summed E-state index contributed by atoms with van der Waals surface area (Å²) < 4.78 is 8.19. The van der Waals surface area contributed by atoms with E-state index in [0.717, 1.165) is 45.6 Å². The number of aromatic hydroxyl groups is 1.